The Kier molecular flexibility index (Phi) is 7.20. The zero-order chi connectivity index (χ0) is 20.7. The van der Waals surface area contributed by atoms with Gasteiger partial charge in [0.2, 0.25) is 11.8 Å². The highest BCUT2D eigenvalue weighted by atomic mass is 19.3. The summed E-state index contributed by atoms with van der Waals surface area (Å²) >= 11 is 0. The summed E-state index contributed by atoms with van der Waals surface area (Å²) < 4.78 is 32.3. The van der Waals surface area contributed by atoms with Gasteiger partial charge < -0.3 is 9.64 Å². The molecule has 1 aliphatic rings. The lowest BCUT2D eigenvalue weighted by molar-refractivity contribution is -0.127. The summed E-state index contributed by atoms with van der Waals surface area (Å²) in [5, 5.41) is 0. The van der Waals surface area contributed by atoms with Crippen molar-refractivity contribution in [2.24, 2.45) is 10.9 Å². The molecule has 5 nitrogen and oxygen atoms in total. The van der Waals surface area contributed by atoms with Gasteiger partial charge in [-0.25, -0.2) is 13.8 Å². The highest BCUT2D eigenvalue weighted by molar-refractivity contribution is 6.00. The Balaban J connectivity index is 2.10. The van der Waals surface area contributed by atoms with Gasteiger partial charge in [-0.3, -0.25) is 9.79 Å². The molecular formula is C21H25F2N3O2. The van der Waals surface area contributed by atoms with Gasteiger partial charge in [0.25, 0.3) is 5.92 Å². The monoisotopic (exact) mass is 389 g/mol. The number of aliphatic imine (C=N–C) groups is 1. The third-order valence-corrected chi connectivity index (χ3v) is 4.49. The highest BCUT2D eigenvalue weighted by Crippen LogP contribution is 2.28. The normalized spacial score (nSPS) is 16.3. The summed E-state index contributed by atoms with van der Waals surface area (Å²) in [6.07, 6.45) is 7.27. The molecule has 1 aromatic rings. The molecule has 0 radical (unpaired) electrons. The largest absolute Gasteiger partial charge is 0.438 e. The van der Waals surface area contributed by atoms with E-state index < -0.39 is 5.92 Å². The van der Waals surface area contributed by atoms with Crippen LogP contribution in [0.15, 0.2) is 60.6 Å². The summed E-state index contributed by atoms with van der Waals surface area (Å²) in [5.74, 6) is -2.49. The Hall–Kier alpha value is -2.83. The van der Waals surface area contributed by atoms with E-state index in [-0.39, 0.29) is 23.3 Å². The van der Waals surface area contributed by atoms with Gasteiger partial charge in [0.1, 0.15) is 5.76 Å². The fourth-order valence-corrected chi connectivity index (χ4v) is 2.94. The molecule has 0 aliphatic carbocycles. The van der Waals surface area contributed by atoms with Crippen LogP contribution in [0.1, 0.15) is 32.3 Å². The van der Waals surface area contributed by atoms with Gasteiger partial charge in [0.05, 0.1) is 5.71 Å². The van der Waals surface area contributed by atoms with E-state index in [0.717, 1.165) is 13.1 Å². The first-order chi connectivity index (χ1) is 13.3. The molecule has 0 atom stereocenters. The average Bonchev–Trinajstić information content (AvgIpc) is 2.68. The second-order valence-corrected chi connectivity index (χ2v) is 6.60. The number of halogens is 2. The first kappa shape index (κ1) is 21.5. The maximum atomic E-state index is 13.3. The first-order valence-corrected chi connectivity index (χ1v) is 9.08. The molecule has 7 heteroatoms. The summed E-state index contributed by atoms with van der Waals surface area (Å²) in [6.45, 7) is 11.3. The lowest BCUT2D eigenvalue weighted by Gasteiger charge is -2.32. The molecular weight excluding hydrogens is 364 g/mol. The standard InChI is InChI=1S/C21H25F2N3O2/c1-5-11-24-20(16-9-12-26(13-10-16)19(27)6-2)15(3)28-18-8-7-17(14-25-18)21(4,22)23/h5-8,11,14,16H,2-3,9-10,12-13H2,1,4H3/b11-5-,24-20?. The van der Waals surface area contributed by atoms with Gasteiger partial charge >= 0.3 is 0 Å². The van der Waals surface area contributed by atoms with Crippen molar-refractivity contribution in [1.29, 1.82) is 0 Å². The minimum Gasteiger partial charge on any atom is -0.438 e. The van der Waals surface area contributed by atoms with Crippen molar-refractivity contribution < 1.29 is 18.3 Å². The molecule has 1 fully saturated rings. The summed E-state index contributed by atoms with van der Waals surface area (Å²) in [4.78, 5) is 21.9. The number of hydrogen-bond acceptors (Lipinski definition) is 4. The number of likely N-dealkylation sites (tertiary alicyclic amines) is 1. The number of rotatable bonds is 7. The number of hydrogen-bond donors (Lipinski definition) is 0. The number of alkyl halides is 2. The van der Waals surface area contributed by atoms with Crippen LogP contribution in [0.25, 0.3) is 0 Å². The van der Waals surface area contributed by atoms with Crippen LogP contribution in [0.5, 0.6) is 5.88 Å². The Morgan fingerprint density at radius 2 is 2.07 bits per heavy atom. The second-order valence-electron chi connectivity index (χ2n) is 6.60. The van der Waals surface area contributed by atoms with Crippen LogP contribution in [0.4, 0.5) is 8.78 Å². The third-order valence-electron chi connectivity index (χ3n) is 4.49. The zero-order valence-corrected chi connectivity index (χ0v) is 16.2. The minimum atomic E-state index is -2.96. The number of carbonyl (C=O) groups is 1. The number of carbonyl (C=O) groups excluding carboxylic acids is 1. The van der Waals surface area contributed by atoms with E-state index in [1.165, 1.54) is 18.2 Å². The van der Waals surface area contributed by atoms with Crippen LogP contribution < -0.4 is 4.74 Å². The zero-order valence-electron chi connectivity index (χ0n) is 16.2. The SMILES string of the molecule is C=CC(=O)N1CCC(C(=N/C=C\C)C(=C)Oc2ccc(C(C)(F)F)cn2)CC1. The Morgan fingerprint density at radius 1 is 1.39 bits per heavy atom. The topological polar surface area (TPSA) is 54.8 Å². The molecule has 2 rings (SSSR count). The summed E-state index contributed by atoms with van der Waals surface area (Å²) in [5.41, 5.74) is 0.475. The number of ether oxygens (including phenoxy) is 1. The third kappa shape index (κ3) is 5.58. The lowest BCUT2D eigenvalue weighted by Crippen LogP contribution is -2.40. The van der Waals surface area contributed by atoms with Crippen molar-refractivity contribution in [3.63, 3.8) is 0 Å². The van der Waals surface area contributed by atoms with Crippen LogP contribution in [0.2, 0.25) is 0 Å². The van der Waals surface area contributed by atoms with Crippen molar-refractivity contribution in [1.82, 2.24) is 9.88 Å². The van der Waals surface area contributed by atoms with Gasteiger partial charge in [0, 0.05) is 50.0 Å². The van der Waals surface area contributed by atoms with Crippen molar-refractivity contribution in [2.75, 3.05) is 13.1 Å². The minimum absolute atomic E-state index is 0.0665. The van der Waals surface area contributed by atoms with Gasteiger partial charge in [-0.2, -0.15) is 0 Å². The summed E-state index contributed by atoms with van der Waals surface area (Å²) in [6, 6.07) is 2.66. The predicted molar refractivity (Wildman–Crippen MR) is 105 cm³/mol. The van der Waals surface area contributed by atoms with E-state index in [2.05, 4.69) is 23.1 Å². The van der Waals surface area contributed by atoms with E-state index in [4.69, 9.17) is 4.74 Å². The Morgan fingerprint density at radius 3 is 2.57 bits per heavy atom. The molecule has 1 aromatic heterocycles. The van der Waals surface area contributed by atoms with E-state index in [9.17, 15) is 13.6 Å². The molecule has 1 aliphatic heterocycles. The number of piperidine rings is 1. The Bertz CT molecular complexity index is 772. The molecule has 0 spiro atoms. The lowest BCUT2D eigenvalue weighted by atomic mass is 9.91. The number of pyridine rings is 1. The number of allylic oxidation sites excluding steroid dienone is 2. The van der Waals surface area contributed by atoms with E-state index in [0.29, 0.717) is 37.4 Å². The quantitative estimate of drug-likeness (QED) is 0.392. The molecule has 1 saturated heterocycles. The molecule has 2 heterocycles. The molecule has 0 aromatic carbocycles. The van der Waals surface area contributed by atoms with E-state index in [1.54, 1.807) is 17.2 Å². The first-order valence-electron chi connectivity index (χ1n) is 9.08. The maximum absolute atomic E-state index is 13.3. The van der Waals surface area contributed by atoms with Crippen molar-refractivity contribution >= 4 is 11.6 Å². The van der Waals surface area contributed by atoms with Crippen molar-refractivity contribution in [3.05, 3.63) is 61.2 Å². The van der Waals surface area contributed by atoms with Crippen molar-refractivity contribution in [3.8, 4) is 5.88 Å². The smallest absolute Gasteiger partial charge is 0.272 e. The van der Waals surface area contributed by atoms with Gasteiger partial charge in [-0.1, -0.05) is 19.2 Å². The average molecular weight is 389 g/mol. The molecule has 0 unspecified atom stereocenters. The van der Waals surface area contributed by atoms with Gasteiger partial charge in [-0.05, 0) is 31.9 Å². The second kappa shape index (κ2) is 9.39. The fourth-order valence-electron chi connectivity index (χ4n) is 2.94. The van der Waals surface area contributed by atoms with Crippen LogP contribution in [0, 0.1) is 5.92 Å². The van der Waals surface area contributed by atoms with Gasteiger partial charge in [0.15, 0.2) is 0 Å². The number of nitrogens with zero attached hydrogens (tertiary/aromatic N) is 3. The highest BCUT2D eigenvalue weighted by Gasteiger charge is 2.28. The van der Waals surface area contributed by atoms with Crippen LogP contribution >= 0.6 is 0 Å². The molecule has 0 saturated carbocycles. The fraction of sp³-hybridized carbons (Fsp3) is 0.381. The van der Waals surface area contributed by atoms with Crippen molar-refractivity contribution in [2.45, 2.75) is 32.6 Å². The molecule has 1 amide bonds. The molecule has 28 heavy (non-hydrogen) atoms. The van der Waals surface area contributed by atoms with Gasteiger partial charge in [-0.15, -0.1) is 0 Å². The predicted octanol–water partition coefficient (Wildman–Crippen LogP) is 4.49. The summed E-state index contributed by atoms with van der Waals surface area (Å²) in [7, 11) is 0. The van der Waals surface area contributed by atoms with Crippen LogP contribution in [0.3, 0.4) is 0 Å². The maximum Gasteiger partial charge on any atom is 0.272 e. The number of amides is 1. The molecule has 0 bridgehead atoms. The van der Waals surface area contributed by atoms with E-state index in [1.807, 2.05) is 6.92 Å². The number of aromatic nitrogens is 1. The van der Waals surface area contributed by atoms with Crippen LogP contribution in [-0.4, -0.2) is 34.6 Å². The van der Waals surface area contributed by atoms with Crippen LogP contribution in [-0.2, 0) is 10.7 Å². The van der Waals surface area contributed by atoms with E-state index >= 15 is 0 Å². The Labute approximate surface area is 164 Å². The molecule has 0 N–H and O–H groups in total. The molecule has 150 valence electrons.